The van der Waals surface area contributed by atoms with Gasteiger partial charge in [-0.1, -0.05) is 6.07 Å². The first kappa shape index (κ1) is 14.4. The van der Waals surface area contributed by atoms with E-state index in [2.05, 4.69) is 4.90 Å². The number of carbonyl (C=O) groups excluding carboxylic acids is 1. The molecule has 3 rings (SSSR count). The van der Waals surface area contributed by atoms with Crippen molar-refractivity contribution in [3.05, 3.63) is 29.8 Å². The van der Waals surface area contributed by atoms with Crippen LogP contribution in [-0.4, -0.2) is 61.1 Å². The molecule has 0 aliphatic carbocycles. The molecule has 1 aromatic rings. The van der Waals surface area contributed by atoms with E-state index in [-0.39, 0.29) is 5.91 Å². The lowest BCUT2D eigenvalue weighted by molar-refractivity contribution is 0.0433. The standard InChI is InChI=1S/C16H23N3O2/c17-14-4-1-3-13(11-14)16(20)19-8-6-18(7-9-19)12-15-5-2-10-21-15/h1,3-4,11,15H,2,5-10,12,17H2. The summed E-state index contributed by atoms with van der Waals surface area (Å²) in [6.07, 6.45) is 2.74. The second kappa shape index (κ2) is 6.45. The highest BCUT2D eigenvalue weighted by Gasteiger charge is 2.25. The van der Waals surface area contributed by atoms with E-state index >= 15 is 0 Å². The fraction of sp³-hybridized carbons (Fsp3) is 0.562. The number of piperazine rings is 1. The summed E-state index contributed by atoms with van der Waals surface area (Å²) in [4.78, 5) is 16.7. The number of nitrogen functional groups attached to an aromatic ring is 1. The molecule has 1 amide bonds. The molecule has 1 aromatic carbocycles. The number of hydrogen-bond donors (Lipinski definition) is 1. The van der Waals surface area contributed by atoms with Crippen LogP contribution in [0.1, 0.15) is 23.2 Å². The summed E-state index contributed by atoms with van der Waals surface area (Å²) >= 11 is 0. The summed E-state index contributed by atoms with van der Waals surface area (Å²) in [6, 6.07) is 7.21. The number of amides is 1. The number of rotatable bonds is 3. The summed E-state index contributed by atoms with van der Waals surface area (Å²) < 4.78 is 5.68. The van der Waals surface area contributed by atoms with Crippen molar-refractivity contribution >= 4 is 11.6 Å². The highest BCUT2D eigenvalue weighted by molar-refractivity contribution is 5.95. The van der Waals surface area contributed by atoms with Crippen molar-refractivity contribution in [2.75, 3.05) is 45.1 Å². The third-order valence-corrected chi connectivity index (χ3v) is 4.28. The van der Waals surface area contributed by atoms with E-state index in [0.29, 0.717) is 17.4 Å². The van der Waals surface area contributed by atoms with E-state index in [4.69, 9.17) is 10.5 Å². The van der Waals surface area contributed by atoms with Gasteiger partial charge in [0.05, 0.1) is 6.10 Å². The Kier molecular flexibility index (Phi) is 4.41. The molecule has 2 aliphatic heterocycles. The molecule has 2 heterocycles. The Morgan fingerprint density at radius 1 is 1.29 bits per heavy atom. The summed E-state index contributed by atoms with van der Waals surface area (Å²) in [7, 11) is 0. The molecule has 0 spiro atoms. The average Bonchev–Trinajstić information content (AvgIpc) is 3.00. The Hall–Kier alpha value is -1.59. The van der Waals surface area contributed by atoms with E-state index < -0.39 is 0 Å². The van der Waals surface area contributed by atoms with Gasteiger partial charge in [-0.05, 0) is 31.0 Å². The van der Waals surface area contributed by atoms with Gasteiger partial charge >= 0.3 is 0 Å². The average molecular weight is 289 g/mol. The predicted molar refractivity (Wildman–Crippen MR) is 82.2 cm³/mol. The first-order valence-corrected chi connectivity index (χ1v) is 7.71. The topological polar surface area (TPSA) is 58.8 Å². The summed E-state index contributed by atoms with van der Waals surface area (Å²) in [6.45, 7) is 5.31. The minimum Gasteiger partial charge on any atom is -0.399 e. The molecule has 114 valence electrons. The van der Waals surface area contributed by atoms with Gasteiger partial charge in [-0.15, -0.1) is 0 Å². The Morgan fingerprint density at radius 3 is 2.76 bits per heavy atom. The third kappa shape index (κ3) is 3.54. The van der Waals surface area contributed by atoms with Crippen LogP contribution in [0.2, 0.25) is 0 Å². The molecule has 2 N–H and O–H groups in total. The van der Waals surface area contributed by atoms with E-state index in [1.165, 1.54) is 12.8 Å². The molecular weight excluding hydrogens is 266 g/mol. The number of nitrogens with two attached hydrogens (primary N) is 1. The molecule has 0 bridgehead atoms. The van der Waals surface area contributed by atoms with Gasteiger partial charge in [-0.2, -0.15) is 0 Å². The largest absolute Gasteiger partial charge is 0.399 e. The fourth-order valence-corrected chi connectivity index (χ4v) is 3.06. The molecule has 0 radical (unpaired) electrons. The summed E-state index contributed by atoms with van der Waals surface area (Å²) in [5.41, 5.74) is 7.07. The molecule has 2 saturated heterocycles. The highest BCUT2D eigenvalue weighted by Crippen LogP contribution is 2.16. The van der Waals surface area contributed by atoms with Crippen LogP contribution in [-0.2, 0) is 4.74 Å². The van der Waals surface area contributed by atoms with Crippen LogP contribution < -0.4 is 5.73 Å². The van der Waals surface area contributed by atoms with Crippen molar-refractivity contribution in [2.24, 2.45) is 0 Å². The molecule has 2 aliphatic rings. The van der Waals surface area contributed by atoms with E-state index in [1.807, 2.05) is 17.0 Å². The zero-order valence-corrected chi connectivity index (χ0v) is 12.3. The van der Waals surface area contributed by atoms with Gasteiger partial charge in [0.15, 0.2) is 0 Å². The Bertz CT molecular complexity index is 492. The van der Waals surface area contributed by atoms with Crippen LogP contribution in [0.4, 0.5) is 5.69 Å². The van der Waals surface area contributed by atoms with Crippen molar-refractivity contribution in [1.29, 1.82) is 0 Å². The summed E-state index contributed by atoms with van der Waals surface area (Å²) in [5.74, 6) is 0.0825. The van der Waals surface area contributed by atoms with Crippen molar-refractivity contribution in [2.45, 2.75) is 18.9 Å². The normalized spacial score (nSPS) is 23.4. The van der Waals surface area contributed by atoms with Gasteiger partial charge < -0.3 is 15.4 Å². The van der Waals surface area contributed by atoms with Crippen LogP contribution >= 0.6 is 0 Å². The van der Waals surface area contributed by atoms with Crippen molar-refractivity contribution in [3.8, 4) is 0 Å². The molecule has 5 heteroatoms. The summed E-state index contributed by atoms with van der Waals surface area (Å²) in [5, 5.41) is 0. The lowest BCUT2D eigenvalue weighted by Crippen LogP contribution is -2.50. The van der Waals surface area contributed by atoms with Crippen LogP contribution in [0.25, 0.3) is 0 Å². The van der Waals surface area contributed by atoms with Crippen molar-refractivity contribution in [3.63, 3.8) is 0 Å². The first-order chi connectivity index (χ1) is 10.2. The second-order valence-electron chi connectivity index (χ2n) is 5.85. The number of nitrogens with zero attached hydrogens (tertiary/aromatic N) is 2. The SMILES string of the molecule is Nc1cccc(C(=O)N2CCN(CC3CCCO3)CC2)c1. The minimum absolute atomic E-state index is 0.0825. The van der Waals surface area contributed by atoms with E-state index in [1.54, 1.807) is 12.1 Å². The first-order valence-electron chi connectivity index (χ1n) is 7.71. The lowest BCUT2D eigenvalue weighted by atomic mass is 10.1. The van der Waals surface area contributed by atoms with Gasteiger partial charge in [-0.25, -0.2) is 0 Å². The quantitative estimate of drug-likeness (QED) is 0.850. The van der Waals surface area contributed by atoms with Crippen LogP contribution in [0.15, 0.2) is 24.3 Å². The molecule has 21 heavy (non-hydrogen) atoms. The molecule has 1 unspecified atom stereocenters. The Labute approximate surface area is 125 Å². The van der Waals surface area contributed by atoms with Gasteiger partial charge in [0.25, 0.3) is 5.91 Å². The molecule has 5 nitrogen and oxygen atoms in total. The smallest absolute Gasteiger partial charge is 0.254 e. The zero-order chi connectivity index (χ0) is 14.7. The molecule has 1 atom stereocenters. The molecule has 0 saturated carbocycles. The highest BCUT2D eigenvalue weighted by atomic mass is 16.5. The molecular formula is C16H23N3O2. The van der Waals surface area contributed by atoms with Gasteiger partial charge in [0, 0.05) is 50.6 Å². The van der Waals surface area contributed by atoms with Crippen LogP contribution in [0.3, 0.4) is 0 Å². The number of ether oxygens (including phenoxy) is 1. The van der Waals surface area contributed by atoms with Gasteiger partial charge in [-0.3, -0.25) is 9.69 Å². The monoisotopic (exact) mass is 289 g/mol. The predicted octanol–water partition coefficient (Wildman–Crippen LogP) is 1.21. The third-order valence-electron chi connectivity index (χ3n) is 4.28. The maximum Gasteiger partial charge on any atom is 0.254 e. The van der Waals surface area contributed by atoms with Gasteiger partial charge in [0.2, 0.25) is 0 Å². The maximum absolute atomic E-state index is 12.4. The van der Waals surface area contributed by atoms with E-state index in [9.17, 15) is 4.79 Å². The van der Waals surface area contributed by atoms with Crippen molar-refractivity contribution in [1.82, 2.24) is 9.80 Å². The maximum atomic E-state index is 12.4. The number of hydrogen-bond acceptors (Lipinski definition) is 4. The van der Waals surface area contributed by atoms with Crippen LogP contribution in [0, 0.1) is 0 Å². The molecule has 2 fully saturated rings. The number of anilines is 1. The Morgan fingerprint density at radius 2 is 2.10 bits per heavy atom. The minimum atomic E-state index is 0.0825. The fourth-order valence-electron chi connectivity index (χ4n) is 3.06. The van der Waals surface area contributed by atoms with Crippen molar-refractivity contribution < 1.29 is 9.53 Å². The number of benzene rings is 1. The van der Waals surface area contributed by atoms with E-state index in [0.717, 1.165) is 39.3 Å². The number of carbonyl (C=O) groups is 1. The lowest BCUT2D eigenvalue weighted by Gasteiger charge is -2.35. The molecule has 0 aromatic heterocycles. The Balaban J connectivity index is 1.52. The van der Waals surface area contributed by atoms with Gasteiger partial charge in [0.1, 0.15) is 0 Å². The van der Waals surface area contributed by atoms with Crippen LogP contribution in [0.5, 0.6) is 0 Å². The second-order valence-corrected chi connectivity index (χ2v) is 5.85. The zero-order valence-electron chi connectivity index (χ0n) is 12.3.